The van der Waals surface area contributed by atoms with E-state index in [1.54, 1.807) is 12.1 Å². The molecule has 1 aromatic heterocycles. The molecule has 1 aliphatic rings. The highest BCUT2D eigenvalue weighted by Crippen LogP contribution is 2.28. The molecule has 0 fully saturated rings. The third-order valence-corrected chi connectivity index (χ3v) is 4.41. The van der Waals surface area contributed by atoms with Gasteiger partial charge in [0.1, 0.15) is 0 Å². The molecule has 24 heavy (non-hydrogen) atoms. The summed E-state index contributed by atoms with van der Waals surface area (Å²) < 4.78 is 6.98. The van der Waals surface area contributed by atoms with Crippen molar-refractivity contribution in [2.75, 3.05) is 27.3 Å². The van der Waals surface area contributed by atoms with Crippen LogP contribution in [0, 0.1) is 6.92 Å². The van der Waals surface area contributed by atoms with Crippen molar-refractivity contribution in [1.82, 2.24) is 20.2 Å². The molecule has 6 nitrogen and oxygen atoms in total. The lowest BCUT2D eigenvalue weighted by Crippen LogP contribution is -2.41. The molecule has 1 N–H and O–H groups in total. The number of ether oxygens (including phenoxy) is 1. The van der Waals surface area contributed by atoms with Crippen molar-refractivity contribution in [3.63, 3.8) is 0 Å². The normalized spacial score (nSPS) is 13.3. The van der Waals surface area contributed by atoms with Crippen LogP contribution < -0.4 is 5.43 Å². The van der Waals surface area contributed by atoms with Gasteiger partial charge in [-0.05, 0) is 37.8 Å². The first-order valence-corrected chi connectivity index (χ1v) is 8.29. The van der Waals surface area contributed by atoms with E-state index in [0.29, 0.717) is 18.8 Å². The van der Waals surface area contributed by atoms with Crippen LogP contribution >= 0.6 is 0 Å². The monoisotopic (exact) mass is 328 g/mol. The Bertz CT molecular complexity index is 739. The summed E-state index contributed by atoms with van der Waals surface area (Å²) in [6, 6.07) is 8.13. The molecule has 0 bridgehead atoms. The van der Waals surface area contributed by atoms with Crippen molar-refractivity contribution in [3.05, 3.63) is 46.8 Å². The Balaban J connectivity index is 1.89. The predicted octanol–water partition coefficient (Wildman–Crippen LogP) is 1.89. The SMILES string of the molecule is COCCN(C)NC(=O)c1nn(-c2ccccc2C)c2c1CCC2. The van der Waals surface area contributed by atoms with E-state index in [4.69, 9.17) is 4.74 Å². The van der Waals surface area contributed by atoms with E-state index in [1.165, 1.54) is 0 Å². The number of fused-ring (bicyclic) bond motifs is 1. The lowest BCUT2D eigenvalue weighted by molar-refractivity contribution is 0.0769. The van der Waals surface area contributed by atoms with E-state index >= 15 is 0 Å². The quantitative estimate of drug-likeness (QED) is 0.823. The molecule has 0 unspecified atom stereocenters. The standard InChI is InChI=1S/C18H24N4O2/c1-13-7-4-5-9-15(13)22-16-10-6-8-14(16)17(19-22)18(23)20-21(2)11-12-24-3/h4-5,7,9H,6,8,10-12H2,1-3H3,(H,20,23). The summed E-state index contributed by atoms with van der Waals surface area (Å²) in [5.74, 6) is -0.154. The van der Waals surface area contributed by atoms with E-state index < -0.39 is 0 Å². The van der Waals surface area contributed by atoms with Crippen molar-refractivity contribution >= 4 is 5.91 Å². The number of amides is 1. The molecule has 1 aliphatic carbocycles. The topological polar surface area (TPSA) is 59.4 Å². The average Bonchev–Trinajstić information content (AvgIpc) is 3.16. The van der Waals surface area contributed by atoms with Crippen LogP contribution in [0.5, 0.6) is 0 Å². The van der Waals surface area contributed by atoms with Crippen molar-refractivity contribution in [3.8, 4) is 5.69 Å². The maximum absolute atomic E-state index is 12.6. The fraction of sp³-hybridized carbons (Fsp3) is 0.444. The minimum absolute atomic E-state index is 0.154. The molecular formula is C18H24N4O2. The zero-order valence-corrected chi connectivity index (χ0v) is 14.5. The molecule has 3 rings (SSSR count). The number of hydrogen-bond donors (Lipinski definition) is 1. The van der Waals surface area contributed by atoms with Gasteiger partial charge >= 0.3 is 0 Å². The molecule has 0 saturated heterocycles. The number of benzene rings is 1. The van der Waals surface area contributed by atoms with Crippen LogP contribution in [0.15, 0.2) is 24.3 Å². The maximum Gasteiger partial charge on any atom is 0.286 e. The van der Waals surface area contributed by atoms with Gasteiger partial charge in [-0.25, -0.2) is 9.69 Å². The molecule has 6 heteroatoms. The first-order valence-electron chi connectivity index (χ1n) is 8.29. The van der Waals surface area contributed by atoms with Gasteiger partial charge < -0.3 is 4.74 Å². The van der Waals surface area contributed by atoms with Crippen molar-refractivity contribution in [2.45, 2.75) is 26.2 Å². The first kappa shape index (κ1) is 16.7. The zero-order valence-electron chi connectivity index (χ0n) is 14.5. The fourth-order valence-corrected chi connectivity index (χ4v) is 3.13. The van der Waals surface area contributed by atoms with Crippen LogP contribution in [0.3, 0.4) is 0 Å². The van der Waals surface area contributed by atoms with Gasteiger partial charge in [0, 0.05) is 32.0 Å². The second-order valence-electron chi connectivity index (χ2n) is 6.18. The van der Waals surface area contributed by atoms with Gasteiger partial charge in [0.05, 0.1) is 12.3 Å². The van der Waals surface area contributed by atoms with Gasteiger partial charge in [0.2, 0.25) is 0 Å². The maximum atomic E-state index is 12.6. The third-order valence-electron chi connectivity index (χ3n) is 4.41. The molecule has 1 aromatic carbocycles. The summed E-state index contributed by atoms with van der Waals surface area (Å²) >= 11 is 0. The van der Waals surface area contributed by atoms with Crippen LogP contribution in [0.1, 0.15) is 33.7 Å². The Labute approximate surface area is 142 Å². The summed E-state index contributed by atoms with van der Waals surface area (Å²) in [7, 11) is 3.47. The minimum Gasteiger partial charge on any atom is -0.383 e. The Morgan fingerprint density at radius 2 is 2.17 bits per heavy atom. The second kappa shape index (κ2) is 7.15. The number of aryl methyl sites for hydroxylation is 1. The minimum atomic E-state index is -0.154. The summed E-state index contributed by atoms with van der Waals surface area (Å²) in [5, 5.41) is 6.38. The van der Waals surface area contributed by atoms with Crippen LogP contribution in [0.2, 0.25) is 0 Å². The number of para-hydroxylation sites is 1. The largest absolute Gasteiger partial charge is 0.383 e. The number of nitrogens with one attached hydrogen (secondary N) is 1. The number of carbonyl (C=O) groups excluding carboxylic acids is 1. The van der Waals surface area contributed by atoms with Crippen LogP contribution in [-0.4, -0.2) is 48.0 Å². The number of carbonyl (C=O) groups is 1. The van der Waals surface area contributed by atoms with E-state index in [9.17, 15) is 4.79 Å². The lowest BCUT2D eigenvalue weighted by Gasteiger charge is -2.16. The smallest absolute Gasteiger partial charge is 0.286 e. The average molecular weight is 328 g/mol. The van der Waals surface area contributed by atoms with Crippen molar-refractivity contribution < 1.29 is 9.53 Å². The molecule has 1 heterocycles. The summed E-state index contributed by atoms with van der Waals surface area (Å²) in [5.41, 5.74) is 7.85. The zero-order chi connectivity index (χ0) is 17.1. The highest BCUT2D eigenvalue weighted by Gasteiger charge is 2.27. The molecule has 0 atom stereocenters. The van der Waals surface area contributed by atoms with Crippen molar-refractivity contribution in [1.29, 1.82) is 0 Å². The van der Waals surface area contributed by atoms with Crippen molar-refractivity contribution in [2.24, 2.45) is 0 Å². The molecule has 0 saturated carbocycles. The van der Waals surface area contributed by atoms with E-state index in [-0.39, 0.29) is 5.91 Å². The molecular weight excluding hydrogens is 304 g/mol. The molecule has 0 aliphatic heterocycles. The highest BCUT2D eigenvalue weighted by molar-refractivity contribution is 5.94. The second-order valence-corrected chi connectivity index (χ2v) is 6.18. The van der Waals surface area contributed by atoms with Gasteiger partial charge in [-0.1, -0.05) is 18.2 Å². The number of likely N-dealkylation sites (N-methyl/N-ethyl adjacent to an activating group) is 1. The van der Waals surface area contributed by atoms with Crippen LogP contribution in [0.25, 0.3) is 5.69 Å². The Morgan fingerprint density at radius 1 is 1.38 bits per heavy atom. The molecule has 0 radical (unpaired) electrons. The summed E-state index contributed by atoms with van der Waals surface area (Å²) in [4.78, 5) is 12.6. The Morgan fingerprint density at radius 3 is 2.92 bits per heavy atom. The first-order chi connectivity index (χ1) is 11.6. The lowest BCUT2D eigenvalue weighted by atomic mass is 10.2. The van der Waals surface area contributed by atoms with Gasteiger partial charge in [-0.3, -0.25) is 10.2 Å². The van der Waals surface area contributed by atoms with E-state index in [2.05, 4.69) is 23.5 Å². The van der Waals surface area contributed by atoms with E-state index in [1.807, 2.05) is 29.9 Å². The van der Waals surface area contributed by atoms with Crippen LogP contribution in [-0.2, 0) is 17.6 Å². The summed E-state index contributed by atoms with van der Waals surface area (Å²) in [6.45, 7) is 3.26. The number of methoxy groups -OCH3 is 1. The number of hydrogen-bond acceptors (Lipinski definition) is 4. The Hall–Kier alpha value is -2.18. The highest BCUT2D eigenvalue weighted by atomic mass is 16.5. The molecule has 128 valence electrons. The number of hydrazine groups is 1. The van der Waals surface area contributed by atoms with Gasteiger partial charge in [0.15, 0.2) is 5.69 Å². The van der Waals surface area contributed by atoms with Gasteiger partial charge in [0.25, 0.3) is 5.91 Å². The molecule has 2 aromatic rings. The Kier molecular flexibility index (Phi) is 4.97. The predicted molar refractivity (Wildman–Crippen MR) is 92.3 cm³/mol. The molecule has 1 amide bonds. The third kappa shape index (κ3) is 3.20. The molecule has 0 spiro atoms. The van der Waals surface area contributed by atoms with Crippen LogP contribution in [0.4, 0.5) is 0 Å². The number of rotatable bonds is 6. The number of aromatic nitrogens is 2. The van der Waals surface area contributed by atoms with E-state index in [0.717, 1.165) is 41.8 Å². The fourth-order valence-electron chi connectivity index (χ4n) is 3.13. The van der Waals surface area contributed by atoms with Gasteiger partial charge in [-0.2, -0.15) is 5.10 Å². The number of nitrogens with zero attached hydrogens (tertiary/aromatic N) is 3. The van der Waals surface area contributed by atoms with Gasteiger partial charge in [-0.15, -0.1) is 0 Å². The summed E-state index contributed by atoms with van der Waals surface area (Å²) in [6.07, 6.45) is 2.94.